The first kappa shape index (κ1) is 17.0. The van der Waals surface area contributed by atoms with Crippen LogP contribution in [-0.2, 0) is 0 Å². The molecule has 0 aliphatic heterocycles. The van der Waals surface area contributed by atoms with Crippen molar-refractivity contribution in [1.29, 1.82) is 0 Å². The van der Waals surface area contributed by atoms with Crippen LogP contribution in [-0.4, -0.2) is 17.5 Å². The lowest BCUT2D eigenvalue weighted by Gasteiger charge is -2.08. The van der Waals surface area contributed by atoms with Crippen LogP contribution in [0.5, 0.6) is 0 Å². The second-order valence-electron chi connectivity index (χ2n) is 5.44. The zero-order valence-electron chi connectivity index (χ0n) is 13.6. The van der Waals surface area contributed by atoms with Crippen molar-refractivity contribution < 1.29 is 4.39 Å². The van der Waals surface area contributed by atoms with Gasteiger partial charge >= 0.3 is 0 Å². The number of nitrogens with zero attached hydrogens (tertiary/aromatic N) is 3. The number of amidine groups is 1. The molecule has 1 heterocycles. The van der Waals surface area contributed by atoms with Crippen LogP contribution in [0.15, 0.2) is 70.9 Å². The van der Waals surface area contributed by atoms with E-state index in [1.807, 2.05) is 37.3 Å². The summed E-state index contributed by atoms with van der Waals surface area (Å²) in [5.74, 6) is 0.0570. The van der Waals surface area contributed by atoms with Crippen molar-refractivity contribution in [2.75, 3.05) is 0 Å². The molecule has 0 aliphatic rings. The van der Waals surface area contributed by atoms with Gasteiger partial charge in [-0.15, -0.1) is 0 Å². The molecule has 0 radical (unpaired) electrons. The summed E-state index contributed by atoms with van der Waals surface area (Å²) >= 11 is 5.87. The topological polar surface area (TPSA) is 37.6 Å². The van der Waals surface area contributed by atoms with E-state index in [4.69, 9.17) is 11.6 Å². The van der Waals surface area contributed by atoms with Gasteiger partial charge in [0.1, 0.15) is 5.82 Å². The van der Waals surface area contributed by atoms with Crippen LogP contribution in [0.2, 0.25) is 5.02 Å². The number of aliphatic imine (C=N–C) groups is 2. The third-order valence-corrected chi connectivity index (χ3v) is 4.05. The summed E-state index contributed by atoms with van der Waals surface area (Å²) in [4.78, 5) is 12.6. The van der Waals surface area contributed by atoms with E-state index in [2.05, 4.69) is 21.7 Å². The SMILES string of the molecule is C=NC(=Nc1ccc(-c2cccc(Cl)c2F)cc1C)c1cccnc1. The van der Waals surface area contributed by atoms with Crippen LogP contribution >= 0.6 is 11.6 Å². The van der Waals surface area contributed by atoms with Crippen molar-refractivity contribution in [2.24, 2.45) is 9.98 Å². The number of rotatable bonds is 3. The normalized spacial score (nSPS) is 11.4. The Morgan fingerprint density at radius 2 is 2.00 bits per heavy atom. The Kier molecular flexibility index (Phi) is 5.00. The molecule has 1 aromatic heterocycles. The van der Waals surface area contributed by atoms with Crippen molar-refractivity contribution in [3.8, 4) is 11.1 Å². The van der Waals surface area contributed by atoms with Gasteiger partial charge < -0.3 is 0 Å². The summed E-state index contributed by atoms with van der Waals surface area (Å²) in [6.07, 6.45) is 3.36. The van der Waals surface area contributed by atoms with Crippen molar-refractivity contribution >= 4 is 29.8 Å². The molecule has 0 aliphatic carbocycles. The van der Waals surface area contributed by atoms with E-state index in [0.29, 0.717) is 11.4 Å². The Morgan fingerprint density at radius 3 is 2.68 bits per heavy atom. The summed E-state index contributed by atoms with van der Waals surface area (Å²) in [6.45, 7) is 5.49. The summed E-state index contributed by atoms with van der Waals surface area (Å²) in [5, 5.41) is 0.104. The highest BCUT2D eigenvalue weighted by molar-refractivity contribution is 6.31. The summed E-state index contributed by atoms with van der Waals surface area (Å²) < 4.78 is 14.2. The van der Waals surface area contributed by atoms with Gasteiger partial charge in [-0.1, -0.05) is 29.8 Å². The molecule has 0 atom stereocenters. The van der Waals surface area contributed by atoms with Crippen molar-refractivity contribution in [1.82, 2.24) is 4.98 Å². The number of aromatic nitrogens is 1. The van der Waals surface area contributed by atoms with Crippen LogP contribution in [0, 0.1) is 12.7 Å². The van der Waals surface area contributed by atoms with Gasteiger partial charge in [-0.3, -0.25) is 4.98 Å². The van der Waals surface area contributed by atoms with E-state index in [1.54, 1.807) is 24.5 Å². The molecule has 3 rings (SSSR count). The van der Waals surface area contributed by atoms with Crippen molar-refractivity contribution in [3.63, 3.8) is 0 Å². The third kappa shape index (κ3) is 3.64. The number of pyridine rings is 1. The van der Waals surface area contributed by atoms with E-state index in [0.717, 1.165) is 22.4 Å². The van der Waals surface area contributed by atoms with Crippen LogP contribution in [0.25, 0.3) is 11.1 Å². The molecule has 0 saturated heterocycles. The van der Waals surface area contributed by atoms with Gasteiger partial charge in [0, 0.05) is 23.5 Å². The highest BCUT2D eigenvalue weighted by atomic mass is 35.5. The quantitative estimate of drug-likeness (QED) is 0.445. The van der Waals surface area contributed by atoms with Gasteiger partial charge in [0.25, 0.3) is 0 Å². The predicted octanol–water partition coefficient (Wildman–Crippen LogP) is 5.63. The summed E-state index contributed by atoms with van der Waals surface area (Å²) in [6, 6.07) is 14.1. The van der Waals surface area contributed by atoms with Crippen molar-refractivity contribution in [2.45, 2.75) is 6.92 Å². The Balaban J connectivity index is 2.01. The number of hydrogen-bond acceptors (Lipinski definition) is 2. The maximum atomic E-state index is 14.2. The Hall–Kier alpha value is -2.85. The van der Waals surface area contributed by atoms with Crippen LogP contribution in [0.4, 0.5) is 10.1 Å². The molecule has 0 N–H and O–H groups in total. The van der Waals surface area contributed by atoms with Crippen LogP contribution in [0.3, 0.4) is 0 Å². The minimum Gasteiger partial charge on any atom is -0.264 e. The van der Waals surface area contributed by atoms with Crippen molar-refractivity contribution in [3.05, 3.63) is 82.9 Å². The molecule has 25 heavy (non-hydrogen) atoms. The average Bonchev–Trinajstić information content (AvgIpc) is 2.64. The number of aryl methyl sites for hydroxylation is 1. The molecule has 2 aromatic carbocycles. The second-order valence-corrected chi connectivity index (χ2v) is 5.85. The molecule has 3 nitrogen and oxygen atoms in total. The molecule has 0 bridgehead atoms. The van der Waals surface area contributed by atoms with Crippen LogP contribution in [0.1, 0.15) is 11.1 Å². The standard InChI is InChI=1S/C20H15ClFN3/c1-13-11-14(16-6-3-7-17(21)19(16)22)8-9-18(13)25-20(23-2)15-5-4-10-24-12-15/h3-12H,2H2,1H3. The fourth-order valence-corrected chi connectivity index (χ4v) is 2.65. The molecule has 0 fully saturated rings. The smallest absolute Gasteiger partial charge is 0.160 e. The Morgan fingerprint density at radius 1 is 1.16 bits per heavy atom. The molecule has 5 heteroatoms. The number of benzene rings is 2. The lowest BCUT2D eigenvalue weighted by Crippen LogP contribution is -1.96. The molecule has 0 saturated carbocycles. The van der Waals surface area contributed by atoms with E-state index in [9.17, 15) is 4.39 Å². The fourth-order valence-electron chi connectivity index (χ4n) is 2.48. The summed E-state index contributed by atoms with van der Waals surface area (Å²) in [5.41, 5.74) is 3.60. The predicted molar refractivity (Wildman–Crippen MR) is 102 cm³/mol. The monoisotopic (exact) mass is 351 g/mol. The third-order valence-electron chi connectivity index (χ3n) is 3.76. The highest BCUT2D eigenvalue weighted by Crippen LogP contribution is 2.31. The number of halogens is 2. The van der Waals surface area contributed by atoms with Gasteiger partial charge in [-0.05, 0) is 55.1 Å². The zero-order chi connectivity index (χ0) is 17.8. The molecular weight excluding hydrogens is 337 g/mol. The second kappa shape index (κ2) is 7.36. The van der Waals surface area contributed by atoms with Gasteiger partial charge in [0.05, 0.1) is 10.7 Å². The summed E-state index contributed by atoms with van der Waals surface area (Å²) in [7, 11) is 0. The minimum atomic E-state index is -0.427. The zero-order valence-corrected chi connectivity index (χ0v) is 14.3. The minimum absolute atomic E-state index is 0.104. The highest BCUT2D eigenvalue weighted by Gasteiger charge is 2.10. The maximum absolute atomic E-state index is 14.2. The lowest BCUT2D eigenvalue weighted by molar-refractivity contribution is 0.632. The molecule has 124 valence electrons. The van der Waals surface area contributed by atoms with Crippen LogP contribution < -0.4 is 0 Å². The maximum Gasteiger partial charge on any atom is 0.160 e. The van der Waals surface area contributed by atoms with Gasteiger partial charge in [0.2, 0.25) is 0 Å². The van der Waals surface area contributed by atoms with Gasteiger partial charge in [-0.25, -0.2) is 14.4 Å². The first-order valence-electron chi connectivity index (χ1n) is 7.61. The molecular formula is C20H15ClFN3. The van der Waals surface area contributed by atoms with E-state index < -0.39 is 5.82 Å². The Bertz CT molecular complexity index is 952. The van der Waals surface area contributed by atoms with E-state index in [-0.39, 0.29) is 5.02 Å². The largest absolute Gasteiger partial charge is 0.264 e. The molecule has 0 unspecified atom stereocenters. The average molecular weight is 352 g/mol. The first-order chi connectivity index (χ1) is 12.1. The van der Waals surface area contributed by atoms with Gasteiger partial charge in [0.15, 0.2) is 5.84 Å². The molecule has 3 aromatic rings. The molecule has 0 amide bonds. The number of hydrogen-bond donors (Lipinski definition) is 0. The Labute approximate surface area is 150 Å². The van der Waals surface area contributed by atoms with Gasteiger partial charge in [-0.2, -0.15) is 0 Å². The lowest BCUT2D eigenvalue weighted by atomic mass is 10.0. The fraction of sp³-hybridized carbons (Fsp3) is 0.0500. The van der Waals surface area contributed by atoms with E-state index in [1.165, 1.54) is 6.07 Å². The molecule has 0 spiro atoms. The van der Waals surface area contributed by atoms with E-state index >= 15 is 0 Å². The first-order valence-corrected chi connectivity index (χ1v) is 7.99.